The van der Waals surface area contributed by atoms with Crippen LogP contribution in [0.3, 0.4) is 0 Å². The van der Waals surface area contributed by atoms with E-state index in [0.29, 0.717) is 23.7 Å². The van der Waals surface area contributed by atoms with E-state index < -0.39 is 0 Å². The van der Waals surface area contributed by atoms with Crippen LogP contribution in [0.5, 0.6) is 11.5 Å². The van der Waals surface area contributed by atoms with Gasteiger partial charge in [0.05, 0.1) is 18.7 Å². The standard InChI is InChI=1S/C18H18N2O4/c1-20-15-11-13(7-8-16(15)24-12-18(20)22)19-17(21)9-10-23-14-5-3-2-4-6-14/h2-8,11H,9-10,12H2,1H3,(H,19,21). The molecule has 24 heavy (non-hydrogen) atoms. The molecule has 6 heteroatoms. The van der Waals surface area contributed by atoms with Gasteiger partial charge in [-0.1, -0.05) is 18.2 Å². The Morgan fingerprint density at radius 3 is 2.83 bits per heavy atom. The van der Waals surface area contributed by atoms with E-state index in [9.17, 15) is 9.59 Å². The SMILES string of the molecule is CN1C(=O)COc2ccc(NC(=O)CCOc3ccccc3)cc21. The van der Waals surface area contributed by atoms with Gasteiger partial charge in [-0.25, -0.2) is 0 Å². The van der Waals surface area contributed by atoms with Crippen molar-refractivity contribution in [1.29, 1.82) is 0 Å². The average molecular weight is 326 g/mol. The highest BCUT2D eigenvalue weighted by molar-refractivity contribution is 5.99. The number of benzene rings is 2. The molecule has 1 N–H and O–H groups in total. The first-order valence-corrected chi connectivity index (χ1v) is 7.64. The number of rotatable bonds is 5. The Balaban J connectivity index is 1.56. The van der Waals surface area contributed by atoms with Gasteiger partial charge in [-0.3, -0.25) is 9.59 Å². The highest BCUT2D eigenvalue weighted by atomic mass is 16.5. The van der Waals surface area contributed by atoms with Gasteiger partial charge in [0.15, 0.2) is 6.61 Å². The fraction of sp³-hybridized carbons (Fsp3) is 0.222. The smallest absolute Gasteiger partial charge is 0.264 e. The van der Waals surface area contributed by atoms with Crippen LogP contribution in [0, 0.1) is 0 Å². The van der Waals surface area contributed by atoms with Gasteiger partial charge in [-0.05, 0) is 30.3 Å². The third kappa shape index (κ3) is 3.65. The van der Waals surface area contributed by atoms with Crippen LogP contribution in [-0.2, 0) is 9.59 Å². The van der Waals surface area contributed by atoms with Crippen molar-refractivity contribution in [1.82, 2.24) is 0 Å². The van der Waals surface area contributed by atoms with Gasteiger partial charge >= 0.3 is 0 Å². The Morgan fingerprint density at radius 1 is 1.25 bits per heavy atom. The quantitative estimate of drug-likeness (QED) is 0.916. The van der Waals surface area contributed by atoms with Crippen LogP contribution >= 0.6 is 0 Å². The molecule has 0 saturated heterocycles. The molecule has 0 radical (unpaired) electrons. The molecule has 0 fully saturated rings. The highest BCUT2D eigenvalue weighted by Gasteiger charge is 2.22. The van der Waals surface area contributed by atoms with Gasteiger partial charge < -0.3 is 19.7 Å². The predicted octanol–water partition coefficient (Wildman–Crippen LogP) is 2.45. The molecule has 0 unspecified atom stereocenters. The van der Waals surface area contributed by atoms with E-state index >= 15 is 0 Å². The monoisotopic (exact) mass is 326 g/mol. The summed E-state index contributed by atoms with van der Waals surface area (Å²) in [5.41, 5.74) is 1.26. The second-order valence-corrected chi connectivity index (χ2v) is 5.38. The van der Waals surface area contributed by atoms with Crippen LogP contribution in [0.25, 0.3) is 0 Å². The normalized spacial score (nSPS) is 13.0. The minimum atomic E-state index is -0.156. The summed E-state index contributed by atoms with van der Waals surface area (Å²) >= 11 is 0. The summed E-state index contributed by atoms with van der Waals surface area (Å²) < 4.78 is 10.9. The van der Waals surface area contributed by atoms with Gasteiger partial charge in [0, 0.05) is 12.7 Å². The summed E-state index contributed by atoms with van der Waals surface area (Å²) in [6.45, 7) is 0.328. The topological polar surface area (TPSA) is 67.9 Å². The summed E-state index contributed by atoms with van der Waals surface area (Å²) in [7, 11) is 1.68. The number of anilines is 2. The second kappa shape index (κ2) is 7.04. The lowest BCUT2D eigenvalue weighted by molar-refractivity contribution is -0.121. The molecule has 0 aromatic heterocycles. The number of likely N-dealkylation sites (N-methyl/N-ethyl adjacent to an activating group) is 1. The molecule has 3 rings (SSSR count). The molecule has 1 heterocycles. The van der Waals surface area contributed by atoms with Gasteiger partial charge in [0.1, 0.15) is 11.5 Å². The number of fused-ring (bicyclic) bond motifs is 1. The van der Waals surface area contributed by atoms with Gasteiger partial charge in [0.25, 0.3) is 5.91 Å². The van der Waals surface area contributed by atoms with Gasteiger partial charge in [-0.15, -0.1) is 0 Å². The molecule has 1 aliphatic heterocycles. The molecule has 1 aliphatic rings. The Morgan fingerprint density at radius 2 is 2.04 bits per heavy atom. The fourth-order valence-electron chi connectivity index (χ4n) is 2.35. The first-order valence-electron chi connectivity index (χ1n) is 7.64. The summed E-state index contributed by atoms with van der Waals surface area (Å²) in [5.74, 6) is 1.08. The van der Waals surface area contributed by atoms with Crippen molar-refractivity contribution in [2.24, 2.45) is 0 Å². The predicted molar refractivity (Wildman–Crippen MR) is 90.5 cm³/mol. The van der Waals surface area contributed by atoms with Crippen molar-refractivity contribution in [2.45, 2.75) is 6.42 Å². The fourth-order valence-corrected chi connectivity index (χ4v) is 2.35. The van der Waals surface area contributed by atoms with E-state index in [-0.39, 0.29) is 24.8 Å². The van der Waals surface area contributed by atoms with Crippen LogP contribution < -0.4 is 19.7 Å². The number of nitrogens with zero attached hydrogens (tertiary/aromatic N) is 1. The molecule has 2 aromatic carbocycles. The maximum Gasteiger partial charge on any atom is 0.264 e. The Hall–Kier alpha value is -3.02. The molecular weight excluding hydrogens is 308 g/mol. The molecule has 0 bridgehead atoms. The summed E-state index contributed by atoms with van der Waals surface area (Å²) in [4.78, 5) is 25.2. The van der Waals surface area contributed by atoms with Gasteiger partial charge in [-0.2, -0.15) is 0 Å². The molecule has 2 aromatic rings. The van der Waals surface area contributed by atoms with Crippen molar-refractivity contribution in [3.63, 3.8) is 0 Å². The van der Waals surface area contributed by atoms with E-state index in [1.807, 2.05) is 30.3 Å². The number of amides is 2. The van der Waals surface area contributed by atoms with E-state index in [0.717, 1.165) is 5.75 Å². The molecule has 0 atom stereocenters. The van der Waals surface area contributed by atoms with Crippen molar-refractivity contribution in [2.75, 3.05) is 30.5 Å². The zero-order valence-electron chi connectivity index (χ0n) is 13.3. The maximum atomic E-state index is 12.0. The minimum Gasteiger partial charge on any atom is -0.493 e. The van der Waals surface area contributed by atoms with Crippen LogP contribution in [0.15, 0.2) is 48.5 Å². The third-order valence-corrected chi connectivity index (χ3v) is 3.67. The van der Waals surface area contributed by atoms with E-state index in [1.54, 1.807) is 25.2 Å². The number of carbonyl (C=O) groups is 2. The third-order valence-electron chi connectivity index (χ3n) is 3.67. The molecule has 0 aliphatic carbocycles. The largest absolute Gasteiger partial charge is 0.493 e. The van der Waals surface area contributed by atoms with Crippen LogP contribution in [0.4, 0.5) is 11.4 Å². The lowest BCUT2D eigenvalue weighted by Crippen LogP contribution is -2.35. The second-order valence-electron chi connectivity index (χ2n) is 5.38. The van der Waals surface area contributed by atoms with E-state index in [4.69, 9.17) is 9.47 Å². The van der Waals surface area contributed by atoms with Crippen molar-refractivity contribution in [3.05, 3.63) is 48.5 Å². The number of hydrogen-bond acceptors (Lipinski definition) is 4. The van der Waals surface area contributed by atoms with Crippen molar-refractivity contribution >= 4 is 23.2 Å². The summed E-state index contributed by atoms with van der Waals surface area (Å²) in [6, 6.07) is 14.6. The average Bonchev–Trinajstić information content (AvgIpc) is 2.59. The molecule has 6 nitrogen and oxygen atoms in total. The number of para-hydroxylation sites is 1. The number of carbonyl (C=O) groups excluding carboxylic acids is 2. The molecule has 0 saturated carbocycles. The minimum absolute atomic E-state index is 0.0338. The highest BCUT2D eigenvalue weighted by Crippen LogP contribution is 2.33. The molecule has 124 valence electrons. The zero-order chi connectivity index (χ0) is 16.9. The Kier molecular flexibility index (Phi) is 4.65. The number of nitrogens with one attached hydrogen (secondary N) is 1. The Labute approximate surface area is 140 Å². The van der Waals surface area contributed by atoms with Crippen molar-refractivity contribution < 1.29 is 19.1 Å². The van der Waals surface area contributed by atoms with E-state index in [2.05, 4.69) is 5.32 Å². The lowest BCUT2D eigenvalue weighted by Gasteiger charge is -2.26. The Bertz CT molecular complexity index is 746. The number of hydrogen-bond donors (Lipinski definition) is 1. The van der Waals surface area contributed by atoms with E-state index in [1.165, 1.54) is 4.90 Å². The van der Waals surface area contributed by atoms with Gasteiger partial charge in [0.2, 0.25) is 5.91 Å². The molecule has 0 spiro atoms. The van der Waals surface area contributed by atoms with Crippen LogP contribution in [-0.4, -0.2) is 32.1 Å². The maximum absolute atomic E-state index is 12.0. The summed E-state index contributed by atoms with van der Waals surface area (Å²) in [6.07, 6.45) is 0.233. The van der Waals surface area contributed by atoms with Crippen molar-refractivity contribution in [3.8, 4) is 11.5 Å². The number of ether oxygens (including phenoxy) is 2. The van der Waals surface area contributed by atoms with Crippen LogP contribution in [0.2, 0.25) is 0 Å². The molecule has 2 amide bonds. The lowest BCUT2D eigenvalue weighted by atomic mass is 10.2. The zero-order valence-corrected chi connectivity index (χ0v) is 13.3. The first-order chi connectivity index (χ1) is 11.6. The summed E-state index contributed by atoms with van der Waals surface area (Å²) in [5, 5.41) is 2.80. The van der Waals surface area contributed by atoms with Crippen LogP contribution in [0.1, 0.15) is 6.42 Å². The molecular formula is C18H18N2O4. The first kappa shape index (κ1) is 15.9.